The Labute approximate surface area is 104 Å². The molecule has 0 amide bonds. The molecule has 1 aromatic carbocycles. The Kier molecular flexibility index (Phi) is 3.79. The molecule has 0 bridgehead atoms. The summed E-state index contributed by atoms with van der Waals surface area (Å²) in [4.78, 5) is 0. The van der Waals surface area contributed by atoms with Gasteiger partial charge in [-0.05, 0) is 29.2 Å². The summed E-state index contributed by atoms with van der Waals surface area (Å²) >= 11 is 5.69. The number of alkyl halides is 3. The average Bonchev–Trinajstić information content (AvgIpc) is 2.12. The summed E-state index contributed by atoms with van der Waals surface area (Å²) in [6.45, 7) is 5.60. The van der Waals surface area contributed by atoms with Gasteiger partial charge in [-0.15, -0.1) is 0 Å². The minimum Gasteiger partial charge on any atom is -0.324 e. The van der Waals surface area contributed by atoms with Crippen LogP contribution in [0.25, 0.3) is 0 Å². The molecule has 5 heteroatoms. The highest BCUT2D eigenvalue weighted by atomic mass is 35.5. The summed E-state index contributed by atoms with van der Waals surface area (Å²) in [6.07, 6.45) is -4.41. The maximum Gasteiger partial charge on any atom is 0.416 e. The van der Waals surface area contributed by atoms with Gasteiger partial charge < -0.3 is 5.73 Å². The monoisotopic (exact) mass is 265 g/mol. The van der Waals surface area contributed by atoms with Crippen molar-refractivity contribution in [3.63, 3.8) is 0 Å². The number of hydrogen-bond acceptors (Lipinski definition) is 1. The van der Waals surface area contributed by atoms with E-state index in [0.29, 0.717) is 5.56 Å². The van der Waals surface area contributed by atoms with Gasteiger partial charge in [-0.1, -0.05) is 32.4 Å². The molecule has 0 aliphatic carbocycles. The molecule has 1 atom stereocenters. The summed E-state index contributed by atoms with van der Waals surface area (Å²) in [7, 11) is 0. The van der Waals surface area contributed by atoms with Crippen LogP contribution in [0.2, 0.25) is 5.02 Å². The molecule has 1 aromatic rings. The van der Waals surface area contributed by atoms with Crippen molar-refractivity contribution in [1.29, 1.82) is 0 Å². The molecule has 0 unspecified atom stereocenters. The van der Waals surface area contributed by atoms with Crippen LogP contribution in [0.1, 0.15) is 37.9 Å². The highest BCUT2D eigenvalue weighted by Crippen LogP contribution is 2.36. The zero-order valence-corrected chi connectivity index (χ0v) is 10.7. The predicted molar refractivity (Wildman–Crippen MR) is 62.8 cm³/mol. The van der Waals surface area contributed by atoms with Crippen LogP contribution in [0.15, 0.2) is 18.2 Å². The Morgan fingerprint density at radius 1 is 1.12 bits per heavy atom. The van der Waals surface area contributed by atoms with E-state index in [4.69, 9.17) is 17.3 Å². The molecule has 0 fully saturated rings. The first-order valence-corrected chi connectivity index (χ1v) is 5.53. The smallest absolute Gasteiger partial charge is 0.324 e. The van der Waals surface area contributed by atoms with Crippen LogP contribution < -0.4 is 5.73 Å². The van der Waals surface area contributed by atoms with E-state index in [1.807, 2.05) is 20.8 Å². The summed E-state index contributed by atoms with van der Waals surface area (Å²) < 4.78 is 37.8. The van der Waals surface area contributed by atoms with Gasteiger partial charge in [-0.2, -0.15) is 13.2 Å². The van der Waals surface area contributed by atoms with Gasteiger partial charge in [0.05, 0.1) is 5.56 Å². The van der Waals surface area contributed by atoms with E-state index in [2.05, 4.69) is 0 Å². The van der Waals surface area contributed by atoms with Crippen LogP contribution in [-0.4, -0.2) is 0 Å². The maximum atomic E-state index is 12.6. The summed E-state index contributed by atoms with van der Waals surface area (Å²) in [5.41, 5.74) is 5.24. The fraction of sp³-hybridized carbons (Fsp3) is 0.500. The quantitative estimate of drug-likeness (QED) is 0.800. The lowest BCUT2D eigenvalue weighted by Crippen LogP contribution is -2.26. The third kappa shape index (κ3) is 3.61. The molecule has 0 radical (unpaired) electrons. The van der Waals surface area contributed by atoms with Gasteiger partial charge in [0.1, 0.15) is 0 Å². The second-order valence-electron chi connectivity index (χ2n) is 5.11. The van der Waals surface area contributed by atoms with Crippen molar-refractivity contribution < 1.29 is 13.2 Å². The predicted octanol–water partition coefficient (Wildman–Crippen LogP) is 4.40. The topological polar surface area (TPSA) is 26.0 Å². The van der Waals surface area contributed by atoms with Crippen molar-refractivity contribution in [2.45, 2.75) is 33.0 Å². The second-order valence-corrected chi connectivity index (χ2v) is 5.55. The summed E-state index contributed by atoms with van der Waals surface area (Å²) in [5.74, 6) is 0. The molecule has 1 rings (SSSR count). The third-order valence-electron chi connectivity index (χ3n) is 2.54. The molecule has 1 nitrogen and oxygen atoms in total. The van der Waals surface area contributed by atoms with E-state index in [9.17, 15) is 13.2 Å². The van der Waals surface area contributed by atoms with Gasteiger partial charge in [0, 0.05) is 11.1 Å². The third-order valence-corrected chi connectivity index (χ3v) is 2.76. The van der Waals surface area contributed by atoms with E-state index >= 15 is 0 Å². The second kappa shape index (κ2) is 4.50. The Balaban J connectivity index is 3.24. The van der Waals surface area contributed by atoms with Crippen LogP contribution in [-0.2, 0) is 6.18 Å². The first kappa shape index (κ1) is 14.3. The number of benzene rings is 1. The molecule has 0 saturated carbocycles. The Morgan fingerprint density at radius 3 is 2.06 bits per heavy atom. The molecule has 0 aliphatic rings. The van der Waals surface area contributed by atoms with Crippen LogP contribution in [0, 0.1) is 5.41 Å². The summed E-state index contributed by atoms with van der Waals surface area (Å²) in [6, 6.07) is 2.94. The fourth-order valence-electron chi connectivity index (χ4n) is 1.46. The Bertz CT molecular complexity index is 407. The van der Waals surface area contributed by atoms with E-state index in [-0.39, 0.29) is 10.4 Å². The van der Waals surface area contributed by atoms with Crippen molar-refractivity contribution >= 4 is 11.6 Å². The molecular formula is C12H15ClF3N. The van der Waals surface area contributed by atoms with Crippen LogP contribution in [0.5, 0.6) is 0 Å². The number of halogens is 4. The molecular weight excluding hydrogens is 251 g/mol. The SMILES string of the molecule is CC(C)(C)[C@@H](N)c1cc(Cl)cc(C(F)(F)F)c1. The molecule has 2 N–H and O–H groups in total. The molecule has 0 aromatic heterocycles. The highest BCUT2D eigenvalue weighted by Gasteiger charge is 2.32. The van der Waals surface area contributed by atoms with Gasteiger partial charge in [0.15, 0.2) is 0 Å². The minimum atomic E-state index is -4.41. The Morgan fingerprint density at radius 2 is 1.65 bits per heavy atom. The maximum absolute atomic E-state index is 12.6. The number of rotatable bonds is 1. The first-order valence-electron chi connectivity index (χ1n) is 5.15. The standard InChI is InChI=1S/C12H15ClF3N/c1-11(2,3)10(17)7-4-8(12(14,15)16)6-9(13)5-7/h4-6,10H,17H2,1-3H3/t10-/m0/s1. The van der Waals surface area contributed by atoms with Crippen molar-refractivity contribution in [1.82, 2.24) is 0 Å². The molecule has 17 heavy (non-hydrogen) atoms. The number of nitrogens with two attached hydrogens (primary N) is 1. The van der Waals surface area contributed by atoms with Crippen molar-refractivity contribution in [2.75, 3.05) is 0 Å². The van der Waals surface area contributed by atoms with E-state index < -0.39 is 17.8 Å². The first-order chi connectivity index (χ1) is 7.51. The fourth-order valence-corrected chi connectivity index (χ4v) is 1.70. The van der Waals surface area contributed by atoms with Gasteiger partial charge in [-0.3, -0.25) is 0 Å². The molecule has 0 saturated heterocycles. The van der Waals surface area contributed by atoms with Crippen LogP contribution in [0.4, 0.5) is 13.2 Å². The molecule has 0 spiro atoms. The van der Waals surface area contributed by atoms with E-state index in [1.54, 1.807) is 0 Å². The zero-order valence-electron chi connectivity index (χ0n) is 9.90. The lowest BCUT2D eigenvalue weighted by molar-refractivity contribution is -0.137. The lowest BCUT2D eigenvalue weighted by atomic mass is 9.82. The Hall–Kier alpha value is -0.740. The lowest BCUT2D eigenvalue weighted by Gasteiger charge is -2.28. The van der Waals surface area contributed by atoms with Crippen LogP contribution in [0.3, 0.4) is 0 Å². The zero-order chi connectivity index (χ0) is 13.4. The van der Waals surface area contributed by atoms with E-state index in [0.717, 1.165) is 12.1 Å². The van der Waals surface area contributed by atoms with Crippen molar-refractivity contribution in [3.05, 3.63) is 34.3 Å². The van der Waals surface area contributed by atoms with Gasteiger partial charge in [-0.25, -0.2) is 0 Å². The molecule has 96 valence electrons. The number of hydrogen-bond donors (Lipinski definition) is 1. The van der Waals surface area contributed by atoms with E-state index in [1.165, 1.54) is 6.07 Å². The van der Waals surface area contributed by atoms with Gasteiger partial charge in [0.25, 0.3) is 0 Å². The summed E-state index contributed by atoms with van der Waals surface area (Å²) in [5, 5.41) is 0.0505. The van der Waals surface area contributed by atoms with Crippen molar-refractivity contribution in [3.8, 4) is 0 Å². The highest BCUT2D eigenvalue weighted by molar-refractivity contribution is 6.30. The minimum absolute atomic E-state index is 0.0505. The average molecular weight is 266 g/mol. The normalized spacial score (nSPS) is 14.8. The van der Waals surface area contributed by atoms with Crippen molar-refractivity contribution in [2.24, 2.45) is 11.1 Å². The molecule has 0 heterocycles. The van der Waals surface area contributed by atoms with Crippen LogP contribution >= 0.6 is 11.6 Å². The van der Waals surface area contributed by atoms with Gasteiger partial charge >= 0.3 is 6.18 Å². The largest absolute Gasteiger partial charge is 0.416 e. The van der Waals surface area contributed by atoms with Gasteiger partial charge in [0.2, 0.25) is 0 Å². The molecule has 0 aliphatic heterocycles.